The number of carbonyl (C=O) groups is 1. The van der Waals surface area contributed by atoms with Crippen LogP contribution < -0.4 is 4.90 Å². The molecule has 102 valence electrons. The summed E-state index contributed by atoms with van der Waals surface area (Å²) in [7, 11) is 0. The zero-order chi connectivity index (χ0) is 13.6. The van der Waals surface area contributed by atoms with Gasteiger partial charge in [-0.15, -0.1) is 0 Å². The molecule has 1 N–H and O–H groups in total. The van der Waals surface area contributed by atoms with Gasteiger partial charge in [-0.1, -0.05) is 0 Å². The molecule has 1 saturated heterocycles. The quantitative estimate of drug-likeness (QED) is 0.888. The van der Waals surface area contributed by atoms with Crippen molar-refractivity contribution in [2.45, 2.75) is 39.5 Å². The molecule has 1 saturated carbocycles. The predicted octanol–water partition coefficient (Wildman–Crippen LogP) is 2.78. The van der Waals surface area contributed by atoms with Gasteiger partial charge in [0.05, 0.1) is 0 Å². The van der Waals surface area contributed by atoms with Crippen LogP contribution in [0.3, 0.4) is 0 Å². The molecule has 2 heterocycles. The number of rotatable bonds is 2. The minimum absolute atomic E-state index is 0.373. The molecule has 1 aromatic heterocycles. The second-order valence-corrected chi connectivity index (χ2v) is 6.07. The van der Waals surface area contributed by atoms with Gasteiger partial charge in [0.25, 0.3) is 0 Å². The van der Waals surface area contributed by atoms with Crippen LogP contribution in [0.5, 0.6) is 0 Å². The summed E-state index contributed by atoms with van der Waals surface area (Å²) in [6.45, 7) is 5.66. The standard InChI is InChI=1S/C15H20N2O2/c1-10-9-11(2)16-13(12(10)14(18)19)17-7-5-15(3-4-15)6-8-17/h9H,3-8H2,1-2H3,(H,18,19). The Morgan fingerprint density at radius 3 is 2.42 bits per heavy atom. The van der Waals surface area contributed by atoms with E-state index in [9.17, 15) is 9.90 Å². The highest BCUT2D eigenvalue weighted by Gasteiger charge is 2.44. The molecule has 0 aromatic carbocycles. The minimum atomic E-state index is -0.869. The van der Waals surface area contributed by atoms with Crippen molar-refractivity contribution in [3.63, 3.8) is 0 Å². The van der Waals surface area contributed by atoms with E-state index in [0.717, 1.165) is 24.3 Å². The normalized spacial score (nSPS) is 20.6. The lowest BCUT2D eigenvalue weighted by Gasteiger charge is -2.34. The van der Waals surface area contributed by atoms with E-state index in [-0.39, 0.29) is 0 Å². The average molecular weight is 260 g/mol. The molecular weight excluding hydrogens is 240 g/mol. The van der Waals surface area contributed by atoms with Gasteiger partial charge in [0.1, 0.15) is 11.4 Å². The summed E-state index contributed by atoms with van der Waals surface area (Å²) < 4.78 is 0. The van der Waals surface area contributed by atoms with Gasteiger partial charge in [0.15, 0.2) is 0 Å². The van der Waals surface area contributed by atoms with Crippen molar-refractivity contribution in [1.29, 1.82) is 0 Å². The summed E-state index contributed by atoms with van der Waals surface area (Å²) in [6, 6.07) is 1.85. The van der Waals surface area contributed by atoms with E-state index in [4.69, 9.17) is 0 Å². The predicted molar refractivity (Wildman–Crippen MR) is 73.8 cm³/mol. The molecule has 1 spiro atoms. The highest BCUT2D eigenvalue weighted by atomic mass is 16.4. The largest absolute Gasteiger partial charge is 0.478 e. The molecule has 1 aliphatic heterocycles. The van der Waals surface area contributed by atoms with Gasteiger partial charge in [-0.3, -0.25) is 0 Å². The third-order valence-corrected chi connectivity index (χ3v) is 4.62. The molecule has 0 atom stereocenters. The number of aryl methyl sites for hydroxylation is 2. The maximum absolute atomic E-state index is 11.5. The molecule has 1 aromatic rings. The SMILES string of the molecule is Cc1cc(C)c(C(=O)O)c(N2CCC3(CC2)CC3)n1. The van der Waals surface area contributed by atoms with Crippen LogP contribution in [-0.4, -0.2) is 29.1 Å². The fraction of sp³-hybridized carbons (Fsp3) is 0.600. The minimum Gasteiger partial charge on any atom is -0.478 e. The molecule has 0 radical (unpaired) electrons. The Morgan fingerprint density at radius 1 is 1.26 bits per heavy atom. The zero-order valence-electron chi connectivity index (χ0n) is 11.6. The van der Waals surface area contributed by atoms with Crippen LogP contribution in [0.25, 0.3) is 0 Å². The van der Waals surface area contributed by atoms with Gasteiger partial charge in [0, 0.05) is 18.8 Å². The molecular formula is C15H20N2O2. The van der Waals surface area contributed by atoms with Crippen molar-refractivity contribution in [3.8, 4) is 0 Å². The van der Waals surface area contributed by atoms with E-state index in [1.165, 1.54) is 25.7 Å². The number of piperidine rings is 1. The monoisotopic (exact) mass is 260 g/mol. The van der Waals surface area contributed by atoms with E-state index in [0.29, 0.717) is 16.8 Å². The van der Waals surface area contributed by atoms with Crippen LogP contribution in [0.4, 0.5) is 5.82 Å². The molecule has 4 nitrogen and oxygen atoms in total. The van der Waals surface area contributed by atoms with E-state index in [1.54, 1.807) is 0 Å². The van der Waals surface area contributed by atoms with Crippen LogP contribution in [0.2, 0.25) is 0 Å². The van der Waals surface area contributed by atoms with Crippen LogP contribution in [0.15, 0.2) is 6.07 Å². The fourth-order valence-corrected chi connectivity index (χ4v) is 3.18. The number of nitrogens with zero attached hydrogens (tertiary/aromatic N) is 2. The first-order valence-electron chi connectivity index (χ1n) is 6.97. The number of anilines is 1. The number of hydrogen-bond acceptors (Lipinski definition) is 3. The number of pyridine rings is 1. The summed E-state index contributed by atoms with van der Waals surface area (Å²) >= 11 is 0. The van der Waals surface area contributed by atoms with Gasteiger partial charge in [-0.2, -0.15) is 0 Å². The summed E-state index contributed by atoms with van der Waals surface area (Å²) in [5.41, 5.74) is 2.67. The second kappa shape index (κ2) is 4.22. The van der Waals surface area contributed by atoms with Crippen molar-refractivity contribution >= 4 is 11.8 Å². The zero-order valence-corrected chi connectivity index (χ0v) is 11.6. The molecule has 0 unspecified atom stereocenters. The highest BCUT2D eigenvalue weighted by Crippen LogP contribution is 2.54. The summed E-state index contributed by atoms with van der Waals surface area (Å²) in [6.07, 6.45) is 5.07. The number of carboxylic acid groups (broad SMARTS) is 1. The lowest BCUT2D eigenvalue weighted by atomic mass is 9.93. The van der Waals surface area contributed by atoms with Gasteiger partial charge in [-0.05, 0) is 56.6 Å². The van der Waals surface area contributed by atoms with Crippen LogP contribution in [-0.2, 0) is 0 Å². The maximum Gasteiger partial charge on any atom is 0.339 e. The van der Waals surface area contributed by atoms with E-state index >= 15 is 0 Å². The first-order valence-corrected chi connectivity index (χ1v) is 6.97. The molecule has 1 aliphatic carbocycles. The molecule has 2 aliphatic rings. The fourth-order valence-electron chi connectivity index (χ4n) is 3.18. The topological polar surface area (TPSA) is 53.4 Å². The third-order valence-electron chi connectivity index (χ3n) is 4.62. The highest BCUT2D eigenvalue weighted by molar-refractivity contribution is 5.95. The van der Waals surface area contributed by atoms with Crippen molar-refractivity contribution in [2.24, 2.45) is 5.41 Å². The van der Waals surface area contributed by atoms with E-state index in [1.807, 2.05) is 19.9 Å². The van der Waals surface area contributed by atoms with Crippen LogP contribution in [0, 0.1) is 19.3 Å². The lowest BCUT2D eigenvalue weighted by Crippen LogP contribution is -2.36. The molecule has 2 fully saturated rings. The van der Waals surface area contributed by atoms with Crippen molar-refractivity contribution in [3.05, 3.63) is 22.9 Å². The Hall–Kier alpha value is -1.58. The Morgan fingerprint density at radius 2 is 1.89 bits per heavy atom. The Labute approximate surface area is 113 Å². The molecule has 4 heteroatoms. The molecule has 0 bridgehead atoms. The molecule has 0 amide bonds. The summed E-state index contributed by atoms with van der Waals surface area (Å²) in [5.74, 6) is -0.202. The molecule has 19 heavy (non-hydrogen) atoms. The smallest absolute Gasteiger partial charge is 0.339 e. The Bertz CT molecular complexity index is 525. The Balaban J connectivity index is 1.93. The summed E-state index contributed by atoms with van der Waals surface area (Å²) in [4.78, 5) is 18.1. The molecule has 3 rings (SSSR count). The first-order chi connectivity index (χ1) is 9.01. The van der Waals surface area contributed by atoms with Crippen LogP contribution in [0.1, 0.15) is 47.3 Å². The van der Waals surface area contributed by atoms with Crippen molar-refractivity contribution in [2.75, 3.05) is 18.0 Å². The van der Waals surface area contributed by atoms with E-state index < -0.39 is 5.97 Å². The average Bonchev–Trinajstić information content (AvgIpc) is 3.08. The number of hydrogen-bond donors (Lipinski definition) is 1. The van der Waals surface area contributed by atoms with Crippen LogP contribution >= 0.6 is 0 Å². The van der Waals surface area contributed by atoms with Gasteiger partial charge >= 0.3 is 5.97 Å². The van der Waals surface area contributed by atoms with Crippen molar-refractivity contribution < 1.29 is 9.90 Å². The first kappa shape index (κ1) is 12.5. The van der Waals surface area contributed by atoms with Gasteiger partial charge in [0.2, 0.25) is 0 Å². The van der Waals surface area contributed by atoms with Crippen molar-refractivity contribution in [1.82, 2.24) is 4.98 Å². The van der Waals surface area contributed by atoms with Gasteiger partial charge < -0.3 is 10.0 Å². The lowest BCUT2D eigenvalue weighted by molar-refractivity contribution is 0.0696. The number of aromatic nitrogens is 1. The maximum atomic E-state index is 11.5. The number of carboxylic acids is 1. The van der Waals surface area contributed by atoms with E-state index in [2.05, 4.69) is 9.88 Å². The van der Waals surface area contributed by atoms with Gasteiger partial charge in [-0.25, -0.2) is 9.78 Å². The second-order valence-electron chi connectivity index (χ2n) is 6.07. The summed E-state index contributed by atoms with van der Waals surface area (Å²) in [5, 5.41) is 9.42. The Kier molecular flexibility index (Phi) is 2.77. The number of aromatic carboxylic acids is 1. The third kappa shape index (κ3) is 2.20.